The van der Waals surface area contributed by atoms with Gasteiger partial charge in [0, 0.05) is 41.9 Å². The zero-order chi connectivity index (χ0) is 23.7. The van der Waals surface area contributed by atoms with Gasteiger partial charge in [-0.3, -0.25) is 9.59 Å². The smallest absolute Gasteiger partial charge is 0.258 e. The second-order valence-electron chi connectivity index (χ2n) is 8.94. The van der Waals surface area contributed by atoms with Gasteiger partial charge in [-0.25, -0.2) is 0 Å². The molecule has 1 saturated heterocycles. The largest absolute Gasteiger partial charge is 0.497 e. The van der Waals surface area contributed by atoms with Gasteiger partial charge in [0.1, 0.15) is 11.5 Å². The third kappa shape index (κ3) is 3.79. The molecule has 3 aromatic rings. The fourth-order valence-corrected chi connectivity index (χ4v) is 5.18. The van der Waals surface area contributed by atoms with Gasteiger partial charge in [0.2, 0.25) is 0 Å². The number of carbonyl (C=O) groups excluding carboxylic acids is 2. The van der Waals surface area contributed by atoms with Gasteiger partial charge in [0.15, 0.2) is 0 Å². The first-order chi connectivity index (χ1) is 16.5. The van der Waals surface area contributed by atoms with Crippen molar-refractivity contribution in [3.8, 4) is 11.5 Å². The molecule has 6 heteroatoms. The number of amides is 2. The summed E-state index contributed by atoms with van der Waals surface area (Å²) in [4.78, 5) is 30.3. The van der Waals surface area contributed by atoms with E-state index < -0.39 is 0 Å². The first-order valence-electron chi connectivity index (χ1n) is 11.5. The van der Waals surface area contributed by atoms with Crippen LogP contribution in [0.5, 0.6) is 11.5 Å². The van der Waals surface area contributed by atoms with E-state index >= 15 is 0 Å². The van der Waals surface area contributed by atoms with Gasteiger partial charge in [-0.2, -0.15) is 0 Å². The number of rotatable bonds is 4. The maximum atomic E-state index is 13.5. The number of hydrogen-bond donors (Lipinski definition) is 0. The monoisotopic (exact) mass is 456 g/mol. The van der Waals surface area contributed by atoms with Crippen LogP contribution in [0.2, 0.25) is 0 Å². The molecule has 0 N–H and O–H groups in total. The molecule has 0 aliphatic carbocycles. The van der Waals surface area contributed by atoms with Crippen molar-refractivity contribution in [3.63, 3.8) is 0 Å². The Hall–Kier alpha value is -3.80. The van der Waals surface area contributed by atoms with Gasteiger partial charge in [-0.15, -0.1) is 0 Å². The van der Waals surface area contributed by atoms with Crippen LogP contribution in [-0.2, 0) is 5.41 Å². The maximum Gasteiger partial charge on any atom is 0.258 e. The molecule has 2 amide bonds. The molecule has 174 valence electrons. The highest BCUT2D eigenvalue weighted by Gasteiger charge is 2.46. The molecule has 1 spiro atoms. The van der Waals surface area contributed by atoms with Gasteiger partial charge in [0.25, 0.3) is 11.8 Å². The second kappa shape index (κ2) is 8.86. The van der Waals surface area contributed by atoms with Crippen LogP contribution in [0.3, 0.4) is 0 Å². The first-order valence-corrected chi connectivity index (χ1v) is 11.5. The molecule has 1 fully saturated rings. The fourth-order valence-electron chi connectivity index (χ4n) is 5.18. The minimum absolute atomic E-state index is 0.0104. The Morgan fingerprint density at radius 2 is 1.26 bits per heavy atom. The molecule has 0 unspecified atom stereocenters. The normalized spacial score (nSPS) is 16.3. The Balaban J connectivity index is 1.35. The van der Waals surface area contributed by atoms with Crippen molar-refractivity contribution < 1.29 is 19.1 Å². The van der Waals surface area contributed by atoms with E-state index in [1.165, 1.54) is 5.56 Å². The van der Waals surface area contributed by atoms with Gasteiger partial charge in [0.05, 0.1) is 14.2 Å². The topological polar surface area (TPSA) is 59.1 Å². The van der Waals surface area contributed by atoms with E-state index in [1.807, 2.05) is 76.5 Å². The van der Waals surface area contributed by atoms with Crippen LogP contribution in [0.1, 0.15) is 39.1 Å². The minimum Gasteiger partial charge on any atom is -0.497 e. The van der Waals surface area contributed by atoms with Crippen LogP contribution in [0.4, 0.5) is 5.69 Å². The van der Waals surface area contributed by atoms with Gasteiger partial charge in [-0.05, 0) is 73.0 Å². The molecule has 6 nitrogen and oxygen atoms in total. The number of benzene rings is 3. The van der Waals surface area contributed by atoms with Crippen LogP contribution in [-0.4, -0.2) is 50.6 Å². The number of anilines is 1. The van der Waals surface area contributed by atoms with Gasteiger partial charge in [-0.1, -0.05) is 18.2 Å². The number of piperidine rings is 1. The number of carbonyl (C=O) groups is 2. The second-order valence-corrected chi connectivity index (χ2v) is 8.94. The van der Waals surface area contributed by atoms with Crippen molar-refractivity contribution in [2.45, 2.75) is 18.3 Å². The highest BCUT2D eigenvalue weighted by molar-refractivity contribution is 6.07. The summed E-state index contributed by atoms with van der Waals surface area (Å²) in [6, 6.07) is 22.7. The standard InChI is InChI=1S/C28H28N2O4/c1-33-22-11-7-20(8-12-22)26(31)29-17-15-28(16-18-29)19-30(25-6-4-3-5-24(25)28)27(32)21-9-13-23(34-2)14-10-21/h3-14H,15-19H2,1-2H3. The molecular formula is C28H28N2O4. The first kappa shape index (κ1) is 22.0. The Bertz CT molecular complexity index is 1200. The fraction of sp³-hybridized carbons (Fsp3) is 0.286. The molecular weight excluding hydrogens is 428 g/mol. The summed E-state index contributed by atoms with van der Waals surface area (Å²) < 4.78 is 10.4. The maximum absolute atomic E-state index is 13.5. The number of nitrogens with zero attached hydrogens (tertiary/aromatic N) is 2. The molecule has 2 aliphatic heterocycles. The van der Waals surface area contributed by atoms with Crippen molar-refractivity contribution in [1.29, 1.82) is 0 Å². The molecule has 3 aromatic carbocycles. The lowest BCUT2D eigenvalue weighted by molar-refractivity contribution is 0.0671. The summed E-state index contributed by atoms with van der Waals surface area (Å²) >= 11 is 0. The van der Waals surface area contributed by atoms with E-state index in [4.69, 9.17) is 9.47 Å². The molecule has 0 atom stereocenters. The van der Waals surface area contributed by atoms with E-state index in [9.17, 15) is 9.59 Å². The average Bonchev–Trinajstić information content (AvgIpc) is 3.22. The van der Waals surface area contributed by atoms with Crippen LogP contribution in [0.15, 0.2) is 72.8 Å². The molecule has 0 aromatic heterocycles. The zero-order valence-corrected chi connectivity index (χ0v) is 19.5. The van der Waals surface area contributed by atoms with Crippen molar-refractivity contribution >= 4 is 17.5 Å². The zero-order valence-electron chi connectivity index (χ0n) is 19.5. The van der Waals surface area contributed by atoms with Gasteiger partial charge < -0.3 is 19.3 Å². The molecule has 2 heterocycles. The van der Waals surface area contributed by atoms with E-state index in [0.29, 0.717) is 30.8 Å². The lowest BCUT2D eigenvalue weighted by Crippen LogP contribution is -2.47. The number of likely N-dealkylation sites (tertiary alicyclic amines) is 1. The summed E-state index contributed by atoms with van der Waals surface area (Å²) in [7, 11) is 3.23. The number of hydrogen-bond acceptors (Lipinski definition) is 4. The summed E-state index contributed by atoms with van der Waals surface area (Å²) in [5, 5.41) is 0. The van der Waals surface area contributed by atoms with Crippen molar-refractivity contribution in [2.24, 2.45) is 0 Å². The highest BCUT2D eigenvalue weighted by atomic mass is 16.5. The SMILES string of the molecule is COc1ccc(C(=O)N2CCC3(CC2)CN(C(=O)c2ccc(OC)cc2)c2ccccc23)cc1. The van der Waals surface area contributed by atoms with E-state index in [-0.39, 0.29) is 17.2 Å². The Morgan fingerprint density at radius 1 is 0.735 bits per heavy atom. The van der Waals surface area contributed by atoms with Crippen molar-refractivity contribution in [3.05, 3.63) is 89.5 Å². The Morgan fingerprint density at radius 3 is 1.82 bits per heavy atom. The van der Waals surface area contributed by atoms with Crippen LogP contribution < -0.4 is 14.4 Å². The van der Waals surface area contributed by atoms with Crippen LogP contribution >= 0.6 is 0 Å². The average molecular weight is 457 g/mol. The Labute approximate surface area is 199 Å². The predicted molar refractivity (Wildman–Crippen MR) is 131 cm³/mol. The molecule has 5 rings (SSSR count). The van der Waals surface area contributed by atoms with Crippen molar-refractivity contribution in [1.82, 2.24) is 4.90 Å². The number of para-hydroxylation sites is 1. The summed E-state index contributed by atoms with van der Waals surface area (Å²) in [6.45, 7) is 1.94. The third-order valence-corrected chi connectivity index (χ3v) is 7.15. The van der Waals surface area contributed by atoms with Crippen LogP contribution in [0.25, 0.3) is 0 Å². The lowest BCUT2D eigenvalue weighted by Gasteiger charge is -2.40. The van der Waals surface area contributed by atoms with Gasteiger partial charge >= 0.3 is 0 Å². The van der Waals surface area contributed by atoms with E-state index in [1.54, 1.807) is 14.2 Å². The summed E-state index contributed by atoms with van der Waals surface area (Å²) in [5.74, 6) is 1.49. The van der Waals surface area contributed by atoms with Crippen molar-refractivity contribution in [2.75, 3.05) is 38.8 Å². The number of fused-ring (bicyclic) bond motifs is 2. The quantitative estimate of drug-likeness (QED) is 0.579. The van der Waals surface area contributed by atoms with Crippen LogP contribution in [0, 0.1) is 0 Å². The molecule has 0 bridgehead atoms. The number of methoxy groups -OCH3 is 2. The highest BCUT2D eigenvalue weighted by Crippen LogP contribution is 2.47. The summed E-state index contributed by atoms with van der Waals surface area (Å²) in [5.41, 5.74) is 3.33. The Kier molecular flexibility index (Phi) is 5.74. The minimum atomic E-state index is -0.143. The molecule has 34 heavy (non-hydrogen) atoms. The number of ether oxygens (including phenoxy) is 2. The van der Waals surface area contributed by atoms with E-state index in [0.717, 1.165) is 30.0 Å². The molecule has 2 aliphatic rings. The summed E-state index contributed by atoms with van der Waals surface area (Å²) in [6.07, 6.45) is 1.64. The van der Waals surface area contributed by atoms with E-state index in [2.05, 4.69) is 6.07 Å². The molecule has 0 radical (unpaired) electrons. The predicted octanol–water partition coefficient (Wildman–Crippen LogP) is 4.54. The lowest BCUT2D eigenvalue weighted by atomic mass is 9.74. The molecule has 0 saturated carbocycles. The third-order valence-electron chi connectivity index (χ3n) is 7.15.